The molecule has 0 aliphatic heterocycles. The van der Waals surface area contributed by atoms with Crippen LogP contribution in [0.1, 0.15) is 28.5 Å². The van der Waals surface area contributed by atoms with E-state index >= 15 is 0 Å². The van der Waals surface area contributed by atoms with Crippen molar-refractivity contribution in [3.05, 3.63) is 47.3 Å². The van der Waals surface area contributed by atoms with E-state index in [1.54, 1.807) is 22.9 Å². The van der Waals surface area contributed by atoms with Crippen LogP contribution in [-0.4, -0.2) is 10.5 Å². The van der Waals surface area contributed by atoms with E-state index in [0.29, 0.717) is 23.6 Å². The molecule has 0 aliphatic carbocycles. The van der Waals surface area contributed by atoms with E-state index < -0.39 is 0 Å². The number of anilines is 2. The quantitative estimate of drug-likeness (QED) is 0.896. The molecular formula is C15H13N5O. The van der Waals surface area contributed by atoms with E-state index in [0.717, 1.165) is 0 Å². The van der Waals surface area contributed by atoms with Crippen LogP contribution in [0.4, 0.5) is 11.4 Å². The Kier molecular flexibility index (Phi) is 3.92. The van der Waals surface area contributed by atoms with Crippen LogP contribution in [-0.2, 0) is 6.54 Å². The maximum Gasteiger partial charge on any atom is 0.272 e. The SMILES string of the molecule is CCn1cc(N)cc1C(=O)Nc1ccc(C#N)c(C#N)c1. The summed E-state index contributed by atoms with van der Waals surface area (Å²) in [5.74, 6) is -0.317. The number of hydrogen-bond acceptors (Lipinski definition) is 4. The van der Waals surface area contributed by atoms with Gasteiger partial charge in [-0.25, -0.2) is 0 Å². The van der Waals surface area contributed by atoms with E-state index in [4.69, 9.17) is 16.3 Å². The number of benzene rings is 1. The van der Waals surface area contributed by atoms with Gasteiger partial charge in [0.05, 0.1) is 16.8 Å². The van der Waals surface area contributed by atoms with Crippen molar-refractivity contribution in [3.63, 3.8) is 0 Å². The molecule has 1 amide bonds. The first kappa shape index (κ1) is 14.2. The Morgan fingerprint density at radius 3 is 2.62 bits per heavy atom. The number of carbonyl (C=O) groups excluding carboxylic acids is 1. The van der Waals surface area contributed by atoms with E-state index in [1.807, 2.05) is 19.1 Å². The highest BCUT2D eigenvalue weighted by Gasteiger charge is 2.13. The van der Waals surface area contributed by atoms with Gasteiger partial charge in [0.15, 0.2) is 0 Å². The number of nitriles is 2. The van der Waals surface area contributed by atoms with Crippen molar-refractivity contribution in [2.45, 2.75) is 13.5 Å². The van der Waals surface area contributed by atoms with Crippen molar-refractivity contribution in [1.29, 1.82) is 10.5 Å². The van der Waals surface area contributed by atoms with Gasteiger partial charge in [-0.3, -0.25) is 4.79 Å². The molecular weight excluding hydrogens is 266 g/mol. The van der Waals surface area contributed by atoms with Crippen LogP contribution in [0.25, 0.3) is 0 Å². The minimum atomic E-state index is -0.317. The van der Waals surface area contributed by atoms with Crippen LogP contribution < -0.4 is 11.1 Å². The Labute approximate surface area is 122 Å². The highest BCUT2D eigenvalue weighted by Crippen LogP contribution is 2.17. The lowest BCUT2D eigenvalue weighted by Gasteiger charge is -2.08. The maximum atomic E-state index is 12.2. The number of hydrogen-bond donors (Lipinski definition) is 2. The molecule has 104 valence electrons. The van der Waals surface area contributed by atoms with Gasteiger partial charge in [0.1, 0.15) is 17.8 Å². The van der Waals surface area contributed by atoms with Crippen molar-refractivity contribution in [2.24, 2.45) is 0 Å². The van der Waals surface area contributed by atoms with Gasteiger partial charge in [-0.2, -0.15) is 10.5 Å². The molecule has 0 bridgehead atoms. The lowest BCUT2D eigenvalue weighted by atomic mass is 10.1. The van der Waals surface area contributed by atoms with Gasteiger partial charge in [-0.15, -0.1) is 0 Å². The number of nitrogens with zero attached hydrogens (tertiary/aromatic N) is 3. The highest BCUT2D eigenvalue weighted by molar-refractivity contribution is 6.04. The molecule has 6 heteroatoms. The molecule has 1 aromatic heterocycles. The van der Waals surface area contributed by atoms with Crippen LogP contribution in [0.2, 0.25) is 0 Å². The topological polar surface area (TPSA) is 108 Å². The Morgan fingerprint density at radius 1 is 1.29 bits per heavy atom. The van der Waals surface area contributed by atoms with Crippen LogP contribution in [0.3, 0.4) is 0 Å². The van der Waals surface area contributed by atoms with Crippen molar-refractivity contribution >= 4 is 17.3 Å². The summed E-state index contributed by atoms with van der Waals surface area (Å²) >= 11 is 0. The molecule has 1 heterocycles. The van der Waals surface area contributed by atoms with Gasteiger partial charge in [0.25, 0.3) is 5.91 Å². The van der Waals surface area contributed by atoms with Gasteiger partial charge in [-0.1, -0.05) is 0 Å². The number of aromatic nitrogens is 1. The second-order valence-electron chi connectivity index (χ2n) is 4.38. The third-order valence-electron chi connectivity index (χ3n) is 3.01. The number of rotatable bonds is 3. The average molecular weight is 279 g/mol. The van der Waals surface area contributed by atoms with Gasteiger partial charge in [0.2, 0.25) is 0 Å². The summed E-state index contributed by atoms with van der Waals surface area (Å²) in [6.07, 6.45) is 1.69. The molecule has 0 saturated carbocycles. The number of carbonyl (C=O) groups is 1. The normalized spacial score (nSPS) is 9.67. The summed E-state index contributed by atoms with van der Waals surface area (Å²) < 4.78 is 1.74. The lowest BCUT2D eigenvalue weighted by molar-refractivity contribution is 0.101. The van der Waals surface area contributed by atoms with Crippen LogP contribution in [0.5, 0.6) is 0 Å². The van der Waals surface area contributed by atoms with Crippen molar-refractivity contribution in [2.75, 3.05) is 11.1 Å². The first-order chi connectivity index (χ1) is 10.1. The van der Waals surface area contributed by atoms with Crippen molar-refractivity contribution in [3.8, 4) is 12.1 Å². The number of amides is 1. The monoisotopic (exact) mass is 279 g/mol. The summed E-state index contributed by atoms with van der Waals surface area (Å²) in [7, 11) is 0. The molecule has 0 unspecified atom stereocenters. The fourth-order valence-corrected chi connectivity index (χ4v) is 1.99. The molecule has 6 nitrogen and oxygen atoms in total. The summed E-state index contributed by atoms with van der Waals surface area (Å²) in [4.78, 5) is 12.2. The zero-order chi connectivity index (χ0) is 15.4. The van der Waals surface area contributed by atoms with Crippen molar-refractivity contribution < 1.29 is 4.79 Å². The standard InChI is InChI=1S/C15H13N5O/c1-2-20-9-12(18)6-14(20)15(21)19-13-4-3-10(7-16)11(5-13)8-17/h3-6,9H,2,18H2,1H3,(H,19,21). The third-order valence-corrected chi connectivity index (χ3v) is 3.01. The minimum Gasteiger partial charge on any atom is -0.397 e. The number of nitrogens with one attached hydrogen (secondary N) is 1. The second kappa shape index (κ2) is 5.81. The first-order valence-electron chi connectivity index (χ1n) is 6.30. The number of aryl methyl sites for hydroxylation is 1. The molecule has 0 spiro atoms. The average Bonchev–Trinajstić information content (AvgIpc) is 2.88. The van der Waals surface area contributed by atoms with Gasteiger partial charge >= 0.3 is 0 Å². The summed E-state index contributed by atoms with van der Waals surface area (Å²) in [6, 6.07) is 10.00. The molecule has 0 aliphatic rings. The molecule has 1 aromatic carbocycles. The highest BCUT2D eigenvalue weighted by atomic mass is 16.1. The largest absolute Gasteiger partial charge is 0.397 e. The molecule has 3 N–H and O–H groups in total. The second-order valence-corrected chi connectivity index (χ2v) is 4.38. The fraction of sp³-hybridized carbons (Fsp3) is 0.133. The molecule has 0 saturated heterocycles. The molecule has 21 heavy (non-hydrogen) atoms. The molecule has 0 radical (unpaired) electrons. The van der Waals surface area contributed by atoms with Crippen LogP contribution in [0.15, 0.2) is 30.5 Å². The zero-order valence-electron chi connectivity index (χ0n) is 11.4. The number of nitrogens with two attached hydrogens (primary N) is 1. The third kappa shape index (κ3) is 2.85. The molecule has 2 aromatic rings. The zero-order valence-corrected chi connectivity index (χ0v) is 11.4. The summed E-state index contributed by atoms with van der Waals surface area (Å²) in [6.45, 7) is 2.53. The summed E-state index contributed by atoms with van der Waals surface area (Å²) in [5, 5.41) is 20.5. The van der Waals surface area contributed by atoms with E-state index in [-0.39, 0.29) is 17.0 Å². The number of nitrogen functional groups attached to an aromatic ring is 1. The van der Waals surface area contributed by atoms with Crippen molar-refractivity contribution in [1.82, 2.24) is 4.57 Å². The van der Waals surface area contributed by atoms with Gasteiger partial charge < -0.3 is 15.6 Å². The van der Waals surface area contributed by atoms with E-state index in [9.17, 15) is 4.79 Å². The van der Waals surface area contributed by atoms with Gasteiger partial charge in [-0.05, 0) is 31.2 Å². The Balaban J connectivity index is 2.28. The van der Waals surface area contributed by atoms with Gasteiger partial charge in [0, 0.05) is 18.4 Å². The maximum absolute atomic E-state index is 12.2. The predicted molar refractivity (Wildman–Crippen MR) is 78.3 cm³/mol. The molecule has 0 atom stereocenters. The van der Waals surface area contributed by atoms with E-state index in [2.05, 4.69) is 5.32 Å². The smallest absolute Gasteiger partial charge is 0.272 e. The Morgan fingerprint density at radius 2 is 2.00 bits per heavy atom. The summed E-state index contributed by atoms with van der Waals surface area (Å²) in [5.41, 5.74) is 7.60. The minimum absolute atomic E-state index is 0.223. The Hall–Kier alpha value is -3.25. The fourth-order valence-electron chi connectivity index (χ4n) is 1.99. The van der Waals surface area contributed by atoms with E-state index in [1.165, 1.54) is 12.1 Å². The molecule has 0 fully saturated rings. The lowest BCUT2D eigenvalue weighted by Crippen LogP contribution is -2.16. The van der Waals surface area contributed by atoms with Crippen LogP contribution in [0, 0.1) is 22.7 Å². The van der Waals surface area contributed by atoms with Crippen LogP contribution >= 0.6 is 0 Å². The Bertz CT molecular complexity index is 776. The molecule has 2 rings (SSSR count). The predicted octanol–water partition coefficient (Wildman–Crippen LogP) is 2.09. The first-order valence-corrected chi connectivity index (χ1v) is 6.30.